The molecule has 1 fully saturated rings. The number of ether oxygens (including phenoxy) is 1. The number of cyclic esters (lactones) is 1. The van der Waals surface area contributed by atoms with E-state index in [9.17, 15) is 13.6 Å². The summed E-state index contributed by atoms with van der Waals surface area (Å²) in [4.78, 5) is 13.2. The molecule has 1 aromatic rings. The Labute approximate surface area is 117 Å². The molecular weight excluding hydrogens is 264 g/mol. The van der Waals surface area contributed by atoms with Crippen molar-refractivity contribution < 1.29 is 18.3 Å². The fourth-order valence-corrected chi connectivity index (χ4v) is 2.25. The first-order chi connectivity index (χ1) is 9.32. The molecule has 1 aromatic carbocycles. The molecule has 0 N–H and O–H groups in total. The van der Waals surface area contributed by atoms with Crippen molar-refractivity contribution in [1.29, 1.82) is 0 Å². The lowest BCUT2D eigenvalue weighted by Crippen LogP contribution is -2.26. The number of amides is 1. The zero-order valence-corrected chi connectivity index (χ0v) is 12.0. The lowest BCUT2D eigenvalue weighted by Gasteiger charge is -2.25. The van der Waals surface area contributed by atoms with Crippen LogP contribution in [0, 0.1) is 17.0 Å². The van der Waals surface area contributed by atoms with Gasteiger partial charge in [-0.3, -0.25) is 4.90 Å². The van der Waals surface area contributed by atoms with Crippen LogP contribution in [0.3, 0.4) is 0 Å². The van der Waals surface area contributed by atoms with Crippen LogP contribution in [-0.4, -0.2) is 18.7 Å². The number of hydrogen-bond acceptors (Lipinski definition) is 2. The van der Waals surface area contributed by atoms with Gasteiger partial charge in [0, 0.05) is 6.07 Å². The van der Waals surface area contributed by atoms with Gasteiger partial charge < -0.3 is 4.74 Å². The van der Waals surface area contributed by atoms with Crippen molar-refractivity contribution in [2.24, 2.45) is 5.41 Å². The first-order valence-corrected chi connectivity index (χ1v) is 6.75. The fourth-order valence-electron chi connectivity index (χ4n) is 2.25. The van der Waals surface area contributed by atoms with E-state index in [1.165, 1.54) is 11.0 Å². The summed E-state index contributed by atoms with van der Waals surface area (Å²) in [7, 11) is 0. The zero-order chi connectivity index (χ0) is 14.9. The molecule has 0 saturated carbocycles. The second-order valence-corrected chi connectivity index (χ2v) is 5.94. The minimum absolute atomic E-state index is 0.0784. The zero-order valence-electron chi connectivity index (χ0n) is 12.0. The highest BCUT2D eigenvalue weighted by molar-refractivity contribution is 5.89. The molecule has 0 aromatic heterocycles. The first-order valence-electron chi connectivity index (χ1n) is 6.75. The number of nitrogens with zero attached hydrogens (tertiary/aromatic N) is 1. The van der Waals surface area contributed by atoms with Crippen LogP contribution in [0.15, 0.2) is 18.2 Å². The van der Waals surface area contributed by atoms with Crippen LogP contribution in [0.25, 0.3) is 0 Å². The third-order valence-electron chi connectivity index (χ3n) is 3.83. The van der Waals surface area contributed by atoms with Gasteiger partial charge in [-0.15, -0.1) is 0 Å². The molecule has 1 aliphatic heterocycles. The van der Waals surface area contributed by atoms with Crippen LogP contribution in [0.5, 0.6) is 0 Å². The standard InChI is InChI=1S/C15H19F2NO2/c1-4-15(2,3)8-11-9-18(14(19)20-11)10-5-6-12(16)13(17)7-10/h5-7,11H,4,8-9H2,1-3H3/t11-/m0/s1. The molecule has 0 unspecified atom stereocenters. The quantitative estimate of drug-likeness (QED) is 0.832. The molecule has 0 aliphatic carbocycles. The molecule has 0 spiro atoms. The van der Waals surface area contributed by atoms with Gasteiger partial charge >= 0.3 is 6.09 Å². The van der Waals surface area contributed by atoms with Crippen LogP contribution >= 0.6 is 0 Å². The maximum atomic E-state index is 13.2. The largest absolute Gasteiger partial charge is 0.444 e. The summed E-state index contributed by atoms with van der Waals surface area (Å²) in [5.74, 6) is -1.89. The molecule has 1 atom stereocenters. The van der Waals surface area contributed by atoms with Gasteiger partial charge in [0.15, 0.2) is 11.6 Å². The Bertz CT molecular complexity index is 517. The van der Waals surface area contributed by atoms with Crippen molar-refractivity contribution >= 4 is 11.8 Å². The van der Waals surface area contributed by atoms with Crippen molar-refractivity contribution in [3.63, 3.8) is 0 Å². The minimum Gasteiger partial charge on any atom is -0.444 e. The Hall–Kier alpha value is -1.65. The first kappa shape index (κ1) is 14.8. The number of carbonyl (C=O) groups excluding carboxylic acids is 1. The Morgan fingerprint density at radius 3 is 2.65 bits per heavy atom. The van der Waals surface area contributed by atoms with E-state index in [1.807, 2.05) is 0 Å². The van der Waals surface area contributed by atoms with Crippen LogP contribution in [0.4, 0.5) is 19.3 Å². The van der Waals surface area contributed by atoms with Crippen LogP contribution in [0.1, 0.15) is 33.6 Å². The normalized spacial score (nSPS) is 19.4. The van der Waals surface area contributed by atoms with E-state index in [0.717, 1.165) is 25.0 Å². The van der Waals surface area contributed by atoms with Gasteiger partial charge in [-0.25, -0.2) is 13.6 Å². The van der Waals surface area contributed by atoms with Gasteiger partial charge in [-0.2, -0.15) is 0 Å². The summed E-state index contributed by atoms with van der Waals surface area (Å²) in [6.45, 7) is 6.68. The summed E-state index contributed by atoms with van der Waals surface area (Å²) in [5, 5.41) is 0. The summed E-state index contributed by atoms with van der Waals surface area (Å²) in [6, 6.07) is 3.41. The average molecular weight is 283 g/mol. The summed E-state index contributed by atoms with van der Waals surface area (Å²) in [6.07, 6.45) is 1.00. The minimum atomic E-state index is -0.965. The number of halogens is 2. The second-order valence-electron chi connectivity index (χ2n) is 5.94. The molecule has 0 radical (unpaired) electrons. The van der Waals surface area contributed by atoms with Gasteiger partial charge in [-0.1, -0.05) is 27.2 Å². The van der Waals surface area contributed by atoms with Crippen molar-refractivity contribution in [3.05, 3.63) is 29.8 Å². The maximum Gasteiger partial charge on any atom is 0.414 e. The van der Waals surface area contributed by atoms with E-state index < -0.39 is 17.7 Å². The fraction of sp³-hybridized carbons (Fsp3) is 0.533. The SMILES string of the molecule is CCC(C)(C)C[C@H]1CN(c2ccc(F)c(F)c2)C(=O)O1. The Kier molecular flexibility index (Phi) is 3.97. The highest BCUT2D eigenvalue weighted by Crippen LogP contribution is 2.32. The molecule has 110 valence electrons. The molecule has 1 saturated heterocycles. The Morgan fingerprint density at radius 1 is 1.35 bits per heavy atom. The van der Waals surface area contributed by atoms with Gasteiger partial charge in [0.25, 0.3) is 0 Å². The molecule has 1 aliphatic rings. The van der Waals surface area contributed by atoms with Gasteiger partial charge in [0.2, 0.25) is 0 Å². The molecule has 1 amide bonds. The van der Waals surface area contributed by atoms with Gasteiger partial charge in [0.05, 0.1) is 12.2 Å². The molecular formula is C15H19F2NO2. The number of benzene rings is 1. The molecule has 0 bridgehead atoms. The van der Waals surface area contributed by atoms with Crippen molar-refractivity contribution in [3.8, 4) is 0 Å². The summed E-state index contributed by atoms with van der Waals surface area (Å²) in [5.41, 5.74) is 0.403. The predicted octanol–water partition coefficient (Wildman–Crippen LogP) is 4.12. The smallest absolute Gasteiger partial charge is 0.414 e. The van der Waals surface area contributed by atoms with Crippen LogP contribution in [0.2, 0.25) is 0 Å². The van der Waals surface area contributed by atoms with E-state index in [1.54, 1.807) is 0 Å². The molecule has 5 heteroatoms. The van der Waals surface area contributed by atoms with E-state index in [0.29, 0.717) is 12.2 Å². The van der Waals surface area contributed by atoms with Crippen molar-refractivity contribution in [2.45, 2.75) is 39.7 Å². The summed E-state index contributed by atoms with van der Waals surface area (Å²) < 4.78 is 31.5. The maximum absolute atomic E-state index is 13.2. The van der Waals surface area contributed by atoms with Gasteiger partial charge in [-0.05, 0) is 24.0 Å². The molecule has 1 heterocycles. The highest BCUT2D eigenvalue weighted by atomic mass is 19.2. The van der Waals surface area contributed by atoms with Crippen molar-refractivity contribution in [2.75, 3.05) is 11.4 Å². The molecule has 2 rings (SSSR count). The lowest BCUT2D eigenvalue weighted by atomic mass is 9.84. The van der Waals surface area contributed by atoms with Crippen LogP contribution in [-0.2, 0) is 4.74 Å². The van der Waals surface area contributed by atoms with Gasteiger partial charge in [0.1, 0.15) is 6.10 Å². The monoisotopic (exact) mass is 283 g/mol. The van der Waals surface area contributed by atoms with Crippen LogP contribution < -0.4 is 4.90 Å². The molecule has 20 heavy (non-hydrogen) atoms. The number of anilines is 1. The Balaban J connectivity index is 2.11. The number of rotatable bonds is 4. The summed E-state index contributed by atoms with van der Waals surface area (Å²) >= 11 is 0. The highest BCUT2D eigenvalue weighted by Gasteiger charge is 2.35. The van der Waals surface area contributed by atoms with E-state index in [4.69, 9.17) is 4.74 Å². The average Bonchev–Trinajstić information content (AvgIpc) is 2.73. The third-order valence-corrected chi connectivity index (χ3v) is 3.83. The molecule has 3 nitrogen and oxygen atoms in total. The lowest BCUT2D eigenvalue weighted by molar-refractivity contribution is 0.108. The van der Waals surface area contributed by atoms with E-state index >= 15 is 0 Å². The predicted molar refractivity (Wildman–Crippen MR) is 72.7 cm³/mol. The van der Waals surface area contributed by atoms with Crippen molar-refractivity contribution in [1.82, 2.24) is 0 Å². The third kappa shape index (κ3) is 3.08. The number of carbonyl (C=O) groups is 1. The van der Waals surface area contributed by atoms with E-state index in [-0.39, 0.29) is 11.5 Å². The Morgan fingerprint density at radius 2 is 2.05 bits per heavy atom. The van der Waals surface area contributed by atoms with E-state index in [2.05, 4.69) is 20.8 Å². The topological polar surface area (TPSA) is 29.5 Å². The second kappa shape index (κ2) is 5.38. The number of hydrogen-bond donors (Lipinski definition) is 0.